The average Bonchev–Trinajstić information content (AvgIpc) is 3.49. The Morgan fingerprint density at radius 1 is 1.19 bits per heavy atom. The van der Waals surface area contributed by atoms with E-state index < -0.39 is 11.6 Å². The zero-order valence-electron chi connectivity index (χ0n) is 19.8. The van der Waals surface area contributed by atoms with Crippen molar-refractivity contribution in [3.63, 3.8) is 0 Å². The molecular weight excluding hydrogens is 466 g/mol. The predicted octanol–water partition coefficient (Wildman–Crippen LogP) is 3.12. The molecule has 0 aliphatic carbocycles. The molecule has 36 heavy (non-hydrogen) atoms. The Labute approximate surface area is 205 Å². The fraction of sp³-hybridized carbons (Fsp3) is 0.385. The number of ether oxygens (including phenoxy) is 3. The highest BCUT2D eigenvalue weighted by Gasteiger charge is 2.45. The molecule has 0 radical (unpaired) electrons. The third-order valence-corrected chi connectivity index (χ3v) is 7.34. The second-order valence-corrected chi connectivity index (χ2v) is 9.18. The summed E-state index contributed by atoms with van der Waals surface area (Å²) in [6.45, 7) is 3.83. The molecule has 3 aliphatic rings. The van der Waals surface area contributed by atoms with Gasteiger partial charge in [-0.2, -0.15) is 4.99 Å². The van der Waals surface area contributed by atoms with E-state index in [1.54, 1.807) is 29.7 Å². The quantitative estimate of drug-likeness (QED) is 0.257. The van der Waals surface area contributed by atoms with Crippen LogP contribution in [0.2, 0.25) is 0 Å². The Hall–Kier alpha value is -4.01. The van der Waals surface area contributed by atoms with Crippen molar-refractivity contribution >= 4 is 28.6 Å². The summed E-state index contributed by atoms with van der Waals surface area (Å²) in [5, 5.41) is 11.8. The summed E-state index contributed by atoms with van der Waals surface area (Å²) in [5.41, 5.74) is 2.03. The first-order valence-corrected chi connectivity index (χ1v) is 12.0. The molecule has 0 saturated carbocycles. The Kier molecular flexibility index (Phi) is 5.00. The lowest BCUT2D eigenvalue weighted by molar-refractivity contribution is -0.172. The van der Waals surface area contributed by atoms with Crippen molar-refractivity contribution in [1.29, 1.82) is 0 Å². The van der Waals surface area contributed by atoms with E-state index in [0.29, 0.717) is 45.9 Å². The Morgan fingerprint density at radius 3 is 2.78 bits per heavy atom. The van der Waals surface area contributed by atoms with Crippen LogP contribution in [0, 0.1) is 0 Å². The maximum Gasteiger partial charge on any atom is 0.343 e. The van der Waals surface area contributed by atoms with Gasteiger partial charge in [0.2, 0.25) is 12.9 Å². The second kappa shape index (κ2) is 8.01. The molecule has 0 fully saturated rings. The molecule has 0 bridgehead atoms. The van der Waals surface area contributed by atoms with Crippen molar-refractivity contribution in [3.8, 4) is 22.9 Å². The lowest BCUT2D eigenvalue weighted by Crippen LogP contribution is -2.44. The van der Waals surface area contributed by atoms with Gasteiger partial charge in [0.05, 0.1) is 29.0 Å². The molecule has 0 saturated heterocycles. The van der Waals surface area contributed by atoms with Gasteiger partial charge in [-0.1, -0.05) is 20.3 Å². The Bertz CT molecular complexity index is 1590. The number of esters is 1. The molecule has 3 aliphatic heterocycles. The number of rotatable bonds is 5. The topological polar surface area (TPSA) is 129 Å². The number of aliphatic imine (C=N–C) groups is 1. The van der Waals surface area contributed by atoms with Gasteiger partial charge < -0.3 is 23.9 Å². The molecule has 184 valence electrons. The number of benzene rings is 1. The second-order valence-electron chi connectivity index (χ2n) is 9.18. The summed E-state index contributed by atoms with van der Waals surface area (Å²) in [5.74, 6) is 0.0331. The van der Waals surface area contributed by atoms with E-state index >= 15 is 0 Å². The van der Waals surface area contributed by atoms with E-state index in [1.165, 1.54) is 0 Å². The first kappa shape index (κ1) is 22.5. The minimum atomic E-state index is -1.90. The van der Waals surface area contributed by atoms with Crippen LogP contribution in [-0.4, -0.2) is 33.5 Å². The number of isocyanates is 1. The van der Waals surface area contributed by atoms with Gasteiger partial charge in [-0.15, -0.1) is 0 Å². The van der Waals surface area contributed by atoms with Crippen LogP contribution >= 0.6 is 0 Å². The molecule has 10 heteroatoms. The lowest BCUT2D eigenvalue weighted by atomic mass is 9.86. The fourth-order valence-corrected chi connectivity index (χ4v) is 5.45. The number of hydrogen-bond acceptors (Lipinski definition) is 9. The maximum absolute atomic E-state index is 13.6. The van der Waals surface area contributed by atoms with E-state index in [-0.39, 0.29) is 43.1 Å². The molecule has 5 heterocycles. The number of carbonyl (C=O) groups is 1. The van der Waals surface area contributed by atoms with E-state index in [1.807, 2.05) is 0 Å². The molecule has 1 atom stereocenters. The van der Waals surface area contributed by atoms with Crippen molar-refractivity contribution in [2.45, 2.75) is 58.3 Å². The number of hydrogen-bond donors (Lipinski definition) is 1. The van der Waals surface area contributed by atoms with Crippen LogP contribution in [0.5, 0.6) is 11.5 Å². The first-order chi connectivity index (χ1) is 17.4. The normalized spacial score (nSPS) is 18.9. The lowest BCUT2D eigenvalue weighted by Gasteiger charge is -2.31. The smallest absolute Gasteiger partial charge is 0.343 e. The van der Waals surface area contributed by atoms with Gasteiger partial charge in [0, 0.05) is 22.6 Å². The monoisotopic (exact) mass is 489 g/mol. The average molecular weight is 489 g/mol. The molecular formula is C26H23N3O7. The maximum atomic E-state index is 13.6. The number of aliphatic hydroxyl groups is 1. The molecule has 10 nitrogen and oxygen atoms in total. The zero-order valence-corrected chi connectivity index (χ0v) is 19.8. The van der Waals surface area contributed by atoms with E-state index in [9.17, 15) is 19.5 Å². The summed E-state index contributed by atoms with van der Waals surface area (Å²) >= 11 is 0. The largest absolute Gasteiger partial charge is 0.458 e. The van der Waals surface area contributed by atoms with Crippen molar-refractivity contribution < 1.29 is 28.9 Å². The minimum Gasteiger partial charge on any atom is -0.458 e. The van der Waals surface area contributed by atoms with Gasteiger partial charge in [-0.05, 0) is 30.9 Å². The summed E-state index contributed by atoms with van der Waals surface area (Å²) < 4.78 is 17.9. The fourth-order valence-electron chi connectivity index (χ4n) is 5.45. The van der Waals surface area contributed by atoms with Gasteiger partial charge in [0.25, 0.3) is 5.56 Å². The van der Waals surface area contributed by atoms with Crippen LogP contribution in [0.1, 0.15) is 55.4 Å². The first-order valence-electron chi connectivity index (χ1n) is 12.0. The molecule has 6 rings (SSSR count). The number of aryl methyl sites for hydroxylation is 1. The highest BCUT2D eigenvalue weighted by Crippen LogP contribution is 2.49. The minimum absolute atomic E-state index is 0.00705. The Morgan fingerprint density at radius 2 is 2.03 bits per heavy atom. The van der Waals surface area contributed by atoms with E-state index in [0.717, 1.165) is 24.0 Å². The van der Waals surface area contributed by atoms with Gasteiger partial charge >= 0.3 is 5.97 Å². The third kappa shape index (κ3) is 2.91. The number of aromatic nitrogens is 2. The number of nitrogens with zero attached hydrogens (tertiary/aromatic N) is 3. The molecule has 1 N–H and O–H groups in total. The van der Waals surface area contributed by atoms with Crippen LogP contribution in [0.25, 0.3) is 22.3 Å². The van der Waals surface area contributed by atoms with Crippen LogP contribution in [0.4, 0.5) is 5.69 Å². The van der Waals surface area contributed by atoms with Crippen molar-refractivity contribution in [3.05, 3.63) is 44.7 Å². The van der Waals surface area contributed by atoms with E-state index in [4.69, 9.17) is 19.2 Å². The van der Waals surface area contributed by atoms with Gasteiger partial charge in [0.15, 0.2) is 17.1 Å². The predicted molar refractivity (Wildman–Crippen MR) is 127 cm³/mol. The zero-order chi connectivity index (χ0) is 25.2. The van der Waals surface area contributed by atoms with E-state index in [2.05, 4.69) is 11.9 Å². The number of pyridine rings is 2. The highest BCUT2D eigenvalue weighted by atomic mass is 16.7. The summed E-state index contributed by atoms with van der Waals surface area (Å²) in [7, 11) is 0. The van der Waals surface area contributed by atoms with Crippen molar-refractivity contribution in [2.75, 3.05) is 6.79 Å². The van der Waals surface area contributed by atoms with Crippen molar-refractivity contribution in [1.82, 2.24) is 9.55 Å². The molecule has 0 spiro atoms. The molecule has 3 aromatic rings. The van der Waals surface area contributed by atoms with Gasteiger partial charge in [-0.25, -0.2) is 14.6 Å². The SMILES string of the molecule is CCCCc1c2c(nc3cc4c(c(N=C=O)c13)OCO4)-c1cc3c(c(=O)n1C2)COC(=O)[C@]3(O)CC. The van der Waals surface area contributed by atoms with Gasteiger partial charge in [-0.3, -0.25) is 4.79 Å². The van der Waals surface area contributed by atoms with Gasteiger partial charge in [0.1, 0.15) is 12.3 Å². The van der Waals surface area contributed by atoms with Crippen LogP contribution in [0.15, 0.2) is 21.9 Å². The summed E-state index contributed by atoms with van der Waals surface area (Å²) in [6.07, 6.45) is 4.15. The van der Waals surface area contributed by atoms with Crippen LogP contribution in [-0.2, 0) is 39.5 Å². The highest BCUT2D eigenvalue weighted by molar-refractivity contribution is 6.01. The molecule has 1 aromatic carbocycles. The standard InChI is InChI=1S/C26H23N3O7/c1-3-5-6-13-14-9-29-18(7-16-15(24(29)31)10-34-25(32)26(16,33)4-2)21(14)28-17-8-19-23(36-12-35-19)22(20(13)17)27-11-30/h7-8,33H,3-6,9-10,12H2,1-2H3/t26-/m0/s1. The molecule has 0 unspecified atom stereocenters. The number of fused-ring (bicyclic) bond motifs is 6. The van der Waals surface area contributed by atoms with Crippen molar-refractivity contribution in [2.24, 2.45) is 4.99 Å². The van der Waals surface area contributed by atoms with Crippen LogP contribution < -0.4 is 15.0 Å². The molecule has 0 amide bonds. The molecule has 2 aromatic heterocycles. The summed E-state index contributed by atoms with van der Waals surface area (Å²) in [4.78, 5) is 46.2. The summed E-state index contributed by atoms with van der Waals surface area (Å²) in [6, 6.07) is 3.43. The number of cyclic esters (lactones) is 1. The van der Waals surface area contributed by atoms with Crippen LogP contribution in [0.3, 0.4) is 0 Å². The Balaban J connectivity index is 1.68. The number of unbranched alkanes of at least 4 members (excludes halogenated alkanes) is 1. The third-order valence-electron chi connectivity index (χ3n) is 7.34. The number of carbonyl (C=O) groups excluding carboxylic acids is 2.